The molecule has 0 saturated carbocycles. The van der Waals surface area contributed by atoms with Crippen molar-refractivity contribution in [1.82, 2.24) is 15.1 Å². The summed E-state index contributed by atoms with van der Waals surface area (Å²) in [5, 5.41) is 14.6. The van der Waals surface area contributed by atoms with E-state index in [9.17, 15) is 4.79 Å². The number of nitrogens with zero attached hydrogens (tertiary/aromatic N) is 3. The summed E-state index contributed by atoms with van der Waals surface area (Å²) < 4.78 is 2.50. The van der Waals surface area contributed by atoms with Crippen molar-refractivity contribution in [2.24, 2.45) is 0 Å². The first kappa shape index (κ1) is 9.98. The van der Waals surface area contributed by atoms with Gasteiger partial charge in [0.15, 0.2) is 0 Å². The molecule has 0 fully saturated rings. The standard InChI is InChI=1S/C7H7IN4O/c8-6-3-11-12(4-6)5-7(13)10-2-1-9/h3-4H,2,5H2,(H,10,13). The second kappa shape index (κ2) is 4.81. The summed E-state index contributed by atoms with van der Waals surface area (Å²) in [5.41, 5.74) is 0. The average Bonchev–Trinajstić information content (AvgIpc) is 2.48. The molecule has 0 radical (unpaired) electrons. The number of nitriles is 1. The van der Waals surface area contributed by atoms with Gasteiger partial charge < -0.3 is 5.32 Å². The monoisotopic (exact) mass is 290 g/mol. The maximum absolute atomic E-state index is 11.1. The molecule has 0 saturated heterocycles. The number of rotatable bonds is 3. The predicted molar refractivity (Wildman–Crippen MR) is 53.6 cm³/mol. The zero-order chi connectivity index (χ0) is 9.68. The highest BCUT2D eigenvalue weighted by Crippen LogP contribution is 2.00. The molecule has 0 bridgehead atoms. The summed E-state index contributed by atoms with van der Waals surface area (Å²) in [4.78, 5) is 11.1. The normalized spacial score (nSPS) is 9.23. The minimum Gasteiger partial charge on any atom is -0.341 e. The maximum Gasteiger partial charge on any atom is 0.242 e. The van der Waals surface area contributed by atoms with Gasteiger partial charge in [0.2, 0.25) is 5.91 Å². The van der Waals surface area contributed by atoms with E-state index < -0.39 is 0 Å². The van der Waals surface area contributed by atoms with Crippen LogP contribution in [0.15, 0.2) is 12.4 Å². The molecule has 1 aromatic rings. The lowest BCUT2D eigenvalue weighted by Crippen LogP contribution is -2.27. The van der Waals surface area contributed by atoms with Gasteiger partial charge in [-0.3, -0.25) is 9.48 Å². The van der Waals surface area contributed by atoms with Crippen LogP contribution in [0.25, 0.3) is 0 Å². The molecule has 0 unspecified atom stereocenters. The average molecular weight is 290 g/mol. The van der Waals surface area contributed by atoms with E-state index in [4.69, 9.17) is 5.26 Å². The molecule has 1 aromatic heterocycles. The Morgan fingerprint density at radius 2 is 2.62 bits per heavy atom. The van der Waals surface area contributed by atoms with E-state index in [1.165, 1.54) is 4.68 Å². The second-order valence-corrected chi connectivity index (χ2v) is 3.54. The summed E-state index contributed by atoms with van der Waals surface area (Å²) >= 11 is 2.11. The molecule has 1 rings (SSSR count). The predicted octanol–water partition coefficient (Wildman–Crippen LogP) is 0.127. The number of halogens is 1. The Kier molecular flexibility index (Phi) is 3.70. The molecule has 0 aliphatic rings. The Hall–Kier alpha value is -1.10. The van der Waals surface area contributed by atoms with Crippen LogP contribution in [-0.4, -0.2) is 22.2 Å². The molecular weight excluding hydrogens is 283 g/mol. The van der Waals surface area contributed by atoms with Crippen molar-refractivity contribution in [2.45, 2.75) is 6.54 Å². The van der Waals surface area contributed by atoms with Crippen molar-refractivity contribution < 1.29 is 4.79 Å². The number of carbonyl (C=O) groups is 1. The fourth-order valence-corrected chi connectivity index (χ4v) is 1.21. The molecule has 1 heterocycles. The highest BCUT2D eigenvalue weighted by Gasteiger charge is 2.02. The zero-order valence-electron chi connectivity index (χ0n) is 6.70. The van der Waals surface area contributed by atoms with Gasteiger partial charge in [-0.15, -0.1) is 0 Å². The maximum atomic E-state index is 11.1. The molecule has 6 heteroatoms. The van der Waals surface area contributed by atoms with Gasteiger partial charge in [-0.05, 0) is 22.6 Å². The number of hydrogen-bond acceptors (Lipinski definition) is 3. The van der Waals surface area contributed by atoms with E-state index in [2.05, 4.69) is 33.0 Å². The fraction of sp³-hybridized carbons (Fsp3) is 0.286. The van der Waals surface area contributed by atoms with Gasteiger partial charge >= 0.3 is 0 Å². The van der Waals surface area contributed by atoms with Crippen LogP contribution in [-0.2, 0) is 11.3 Å². The largest absolute Gasteiger partial charge is 0.341 e. The van der Waals surface area contributed by atoms with Crippen LogP contribution in [0.3, 0.4) is 0 Å². The first-order valence-corrected chi connectivity index (χ1v) is 4.62. The number of carbonyl (C=O) groups excluding carboxylic acids is 1. The minimum absolute atomic E-state index is 0.0389. The van der Waals surface area contributed by atoms with Crippen molar-refractivity contribution in [2.75, 3.05) is 6.54 Å². The fourth-order valence-electron chi connectivity index (χ4n) is 0.766. The summed E-state index contributed by atoms with van der Waals surface area (Å²) in [7, 11) is 0. The number of nitrogens with one attached hydrogen (secondary N) is 1. The van der Waals surface area contributed by atoms with E-state index in [-0.39, 0.29) is 19.0 Å². The van der Waals surface area contributed by atoms with E-state index in [1.807, 2.05) is 6.07 Å². The Bertz CT molecular complexity index is 341. The zero-order valence-corrected chi connectivity index (χ0v) is 8.85. The summed E-state index contributed by atoms with van der Waals surface area (Å²) in [6.45, 7) is 0.196. The number of aromatic nitrogens is 2. The third-order valence-corrected chi connectivity index (χ3v) is 1.83. The Labute approximate surface area is 88.9 Å². The lowest BCUT2D eigenvalue weighted by molar-refractivity contribution is -0.121. The topological polar surface area (TPSA) is 70.7 Å². The molecule has 68 valence electrons. The second-order valence-electron chi connectivity index (χ2n) is 2.29. The first-order chi connectivity index (χ1) is 6.22. The summed E-state index contributed by atoms with van der Waals surface area (Å²) in [5.74, 6) is -0.207. The molecule has 5 nitrogen and oxygen atoms in total. The quantitative estimate of drug-likeness (QED) is 0.635. The van der Waals surface area contributed by atoms with Crippen LogP contribution in [0, 0.1) is 14.9 Å². The summed E-state index contributed by atoms with van der Waals surface area (Å²) in [6, 6.07) is 1.83. The van der Waals surface area contributed by atoms with Crippen LogP contribution >= 0.6 is 22.6 Å². The highest BCUT2D eigenvalue weighted by molar-refractivity contribution is 14.1. The number of amides is 1. The van der Waals surface area contributed by atoms with E-state index in [0.717, 1.165) is 3.57 Å². The molecule has 0 aliphatic carbocycles. The van der Waals surface area contributed by atoms with E-state index in [1.54, 1.807) is 12.4 Å². The van der Waals surface area contributed by atoms with Gasteiger partial charge in [-0.25, -0.2) is 0 Å². The first-order valence-electron chi connectivity index (χ1n) is 3.54. The smallest absolute Gasteiger partial charge is 0.242 e. The third kappa shape index (κ3) is 3.42. The van der Waals surface area contributed by atoms with Gasteiger partial charge in [0.25, 0.3) is 0 Å². The van der Waals surface area contributed by atoms with Crippen LogP contribution in [0.4, 0.5) is 0 Å². The number of hydrogen-bond donors (Lipinski definition) is 1. The van der Waals surface area contributed by atoms with E-state index in [0.29, 0.717) is 0 Å². The lowest BCUT2D eigenvalue weighted by atomic mass is 10.5. The van der Waals surface area contributed by atoms with Crippen molar-refractivity contribution in [3.8, 4) is 6.07 Å². The Morgan fingerprint density at radius 3 is 3.15 bits per heavy atom. The van der Waals surface area contributed by atoms with Crippen LogP contribution in [0.2, 0.25) is 0 Å². The van der Waals surface area contributed by atoms with Crippen molar-refractivity contribution in [3.05, 3.63) is 16.0 Å². The van der Waals surface area contributed by atoms with Gasteiger partial charge in [0.1, 0.15) is 13.1 Å². The van der Waals surface area contributed by atoms with Crippen LogP contribution < -0.4 is 5.32 Å². The Morgan fingerprint density at radius 1 is 1.85 bits per heavy atom. The van der Waals surface area contributed by atoms with Crippen molar-refractivity contribution in [1.29, 1.82) is 5.26 Å². The van der Waals surface area contributed by atoms with Crippen LogP contribution in [0.5, 0.6) is 0 Å². The molecule has 0 atom stereocenters. The lowest BCUT2D eigenvalue weighted by Gasteiger charge is -1.99. The molecule has 1 amide bonds. The van der Waals surface area contributed by atoms with Crippen LogP contribution in [0.1, 0.15) is 0 Å². The summed E-state index contributed by atoms with van der Waals surface area (Å²) in [6.07, 6.45) is 3.42. The van der Waals surface area contributed by atoms with Crippen molar-refractivity contribution >= 4 is 28.5 Å². The molecule has 0 aromatic carbocycles. The molecule has 1 N–H and O–H groups in total. The van der Waals surface area contributed by atoms with Crippen molar-refractivity contribution in [3.63, 3.8) is 0 Å². The molecule has 0 spiro atoms. The molecule has 0 aliphatic heterocycles. The van der Waals surface area contributed by atoms with E-state index >= 15 is 0 Å². The van der Waals surface area contributed by atoms with Gasteiger partial charge in [-0.1, -0.05) is 0 Å². The van der Waals surface area contributed by atoms with Gasteiger partial charge in [0, 0.05) is 6.20 Å². The molecule has 13 heavy (non-hydrogen) atoms. The van der Waals surface area contributed by atoms with Gasteiger partial charge in [-0.2, -0.15) is 10.4 Å². The van der Waals surface area contributed by atoms with Gasteiger partial charge in [0.05, 0.1) is 15.8 Å². The highest BCUT2D eigenvalue weighted by atomic mass is 127. The SMILES string of the molecule is N#CCNC(=O)Cn1cc(I)cn1. The minimum atomic E-state index is -0.207. The molecular formula is C7H7IN4O. The third-order valence-electron chi connectivity index (χ3n) is 1.27. The Balaban J connectivity index is 2.41.